The van der Waals surface area contributed by atoms with Crippen LogP contribution in [-0.4, -0.2) is 0 Å². The molecule has 2 aromatic carbocycles. The van der Waals surface area contributed by atoms with Gasteiger partial charge in [-0.25, -0.2) is 0 Å². The molecule has 0 atom stereocenters. The Balaban J connectivity index is 2.67. The molecular weight excluding hydrogens is 369 g/mol. The molecule has 0 nitrogen and oxygen atoms in total. The number of halogens is 6. The van der Waals surface area contributed by atoms with Gasteiger partial charge >= 0.3 is 0 Å². The van der Waals surface area contributed by atoms with Gasteiger partial charge in [0.25, 0.3) is 0 Å². The first-order chi connectivity index (χ1) is 8.41. The fourth-order valence-electron chi connectivity index (χ4n) is 1.45. The van der Waals surface area contributed by atoms with Crippen molar-refractivity contribution in [3.8, 4) is 11.1 Å². The molecule has 0 N–H and O–H groups in total. The topological polar surface area (TPSA) is 0 Å². The highest BCUT2D eigenvalue weighted by Crippen LogP contribution is 2.43. The van der Waals surface area contributed by atoms with Gasteiger partial charge in [-0.1, -0.05) is 75.7 Å². The average Bonchev–Trinajstić information content (AvgIpc) is 2.35. The van der Waals surface area contributed by atoms with Gasteiger partial charge in [0.15, 0.2) is 0 Å². The lowest BCUT2D eigenvalue weighted by Crippen LogP contribution is -1.84. The van der Waals surface area contributed by atoms with Gasteiger partial charge in [-0.05, 0) is 23.8 Å². The van der Waals surface area contributed by atoms with Crippen molar-refractivity contribution in [1.82, 2.24) is 0 Å². The minimum absolute atomic E-state index is 0.215. The van der Waals surface area contributed by atoms with Crippen molar-refractivity contribution in [1.29, 1.82) is 0 Å². The number of rotatable bonds is 1. The van der Waals surface area contributed by atoms with Crippen LogP contribution in [0.4, 0.5) is 0 Å². The van der Waals surface area contributed by atoms with E-state index < -0.39 is 0 Å². The quantitative estimate of drug-likeness (QED) is 0.364. The van der Waals surface area contributed by atoms with Crippen molar-refractivity contribution < 1.29 is 0 Å². The molecule has 0 saturated heterocycles. The van der Waals surface area contributed by atoms with Crippen LogP contribution in [0.5, 0.6) is 0 Å². The molecule has 0 saturated carbocycles. The zero-order valence-electron chi connectivity index (χ0n) is 8.58. The Labute approximate surface area is 134 Å². The van der Waals surface area contributed by atoms with E-state index in [0.29, 0.717) is 25.7 Å². The normalized spacial score (nSPS) is 10.8. The van der Waals surface area contributed by atoms with Crippen molar-refractivity contribution in [2.45, 2.75) is 0 Å². The lowest BCUT2D eigenvalue weighted by molar-refractivity contribution is 1.61. The summed E-state index contributed by atoms with van der Waals surface area (Å²) in [6.45, 7) is 0. The largest absolute Gasteiger partial charge is 0.0827 e. The molecule has 0 radical (unpaired) electrons. The number of benzene rings is 2. The van der Waals surface area contributed by atoms with E-state index in [0.717, 1.165) is 5.56 Å². The summed E-state index contributed by atoms with van der Waals surface area (Å²) in [6, 6.07) is 6.77. The van der Waals surface area contributed by atoms with E-state index in [9.17, 15) is 0 Å². The minimum Gasteiger partial charge on any atom is -0.0827 e. The lowest BCUT2D eigenvalue weighted by atomic mass is 11.1. The molecule has 6 heteroatoms. The fraction of sp³-hybridized carbons (Fsp3) is 0. The first kappa shape index (κ1) is 14.6. The summed E-state index contributed by atoms with van der Waals surface area (Å²) in [4.78, 5) is 0. The minimum atomic E-state index is 0.215. The van der Waals surface area contributed by atoms with E-state index >= 15 is 0 Å². The van der Waals surface area contributed by atoms with Crippen molar-refractivity contribution in [2.75, 3.05) is 0 Å². The van der Waals surface area contributed by atoms with Crippen LogP contribution in [0.15, 0.2) is 24.3 Å². The molecule has 0 aliphatic rings. The molecule has 0 aliphatic heterocycles. The predicted molar refractivity (Wildman–Crippen MR) is 81.9 cm³/mol. The monoisotopic (exact) mass is 370 g/mol. The van der Waals surface area contributed by atoms with Crippen molar-refractivity contribution in [3.63, 3.8) is 0 Å². The van der Waals surface area contributed by atoms with Crippen LogP contribution >= 0.6 is 69.6 Å². The van der Waals surface area contributed by atoms with E-state index in [1.54, 1.807) is 24.3 Å². The highest BCUT2D eigenvalue weighted by molar-refractivity contribution is 6.52. The molecule has 0 amide bonds. The maximum Gasteiger partial charge on any atom is 0.0800 e. The van der Waals surface area contributed by atoms with Gasteiger partial charge in [0.05, 0.1) is 30.1 Å². The third-order valence-electron chi connectivity index (χ3n) is 2.33. The second-order valence-corrected chi connectivity index (χ2v) is 5.83. The smallest absolute Gasteiger partial charge is 0.0800 e. The Morgan fingerprint density at radius 3 is 1.83 bits per heavy atom. The van der Waals surface area contributed by atoms with E-state index in [1.807, 2.05) is 0 Å². The maximum absolute atomic E-state index is 6.15. The molecule has 0 fully saturated rings. The first-order valence-electron chi connectivity index (χ1n) is 4.70. The zero-order chi connectivity index (χ0) is 13.4. The molecule has 0 spiro atoms. The van der Waals surface area contributed by atoms with E-state index in [-0.39, 0.29) is 10.0 Å². The van der Waals surface area contributed by atoms with Crippen LogP contribution < -0.4 is 0 Å². The summed E-state index contributed by atoms with van der Waals surface area (Å²) in [6.07, 6.45) is 0. The van der Waals surface area contributed by atoms with Crippen LogP contribution in [0, 0.1) is 0 Å². The Bertz CT molecular complexity index is 620. The molecule has 0 aromatic heterocycles. The lowest BCUT2D eigenvalue weighted by Gasteiger charge is -2.10. The summed E-state index contributed by atoms with van der Waals surface area (Å²) < 4.78 is 0. The average molecular weight is 373 g/mol. The van der Waals surface area contributed by atoms with Crippen LogP contribution in [0.2, 0.25) is 30.1 Å². The summed E-state index contributed by atoms with van der Waals surface area (Å²) >= 11 is 35.8. The summed E-state index contributed by atoms with van der Waals surface area (Å²) in [5, 5.41) is 1.98. The van der Waals surface area contributed by atoms with Gasteiger partial charge in [-0.15, -0.1) is 0 Å². The SMILES string of the molecule is Cl[13c]1[13cH][13cH][13c](-[13c]2[13cH][13c](Cl)[13c](Cl)[13c](Cl)[13c]2Cl)[13cH][13c]1Cl. The van der Waals surface area contributed by atoms with Crippen LogP contribution in [0.1, 0.15) is 0 Å². The van der Waals surface area contributed by atoms with Crippen molar-refractivity contribution in [2.24, 2.45) is 0 Å². The standard InChI is InChI=1S/C12H4Cl6/c13-7-2-1-5(3-8(7)14)6-4-9(15)11(17)12(18)10(6)16/h1-4H/i1+1,2+1,3+1,4+1,5+1,6+1,7+1,8+1,9+1,10+1,11+1,12+1. The van der Waals surface area contributed by atoms with Gasteiger partial charge in [0, 0.05) is 5.56 Å². The second kappa shape index (κ2) is 5.66. The highest BCUT2D eigenvalue weighted by Gasteiger charge is 2.15. The van der Waals surface area contributed by atoms with Gasteiger partial charge in [-0.2, -0.15) is 0 Å². The van der Waals surface area contributed by atoms with Gasteiger partial charge in [0.1, 0.15) is 0 Å². The third-order valence-corrected chi connectivity index (χ3v) is 4.82. The Kier molecular flexibility index (Phi) is 4.59. The first-order valence-corrected chi connectivity index (χ1v) is 6.97. The molecule has 0 aliphatic carbocycles. The molecule has 18 heavy (non-hydrogen) atoms. The van der Waals surface area contributed by atoms with Gasteiger partial charge in [0.2, 0.25) is 0 Å². The predicted octanol–water partition coefficient (Wildman–Crippen LogP) is 7.27. The Morgan fingerprint density at radius 2 is 1.22 bits per heavy atom. The molecule has 0 bridgehead atoms. The molecule has 2 aromatic rings. The molecule has 0 unspecified atom stereocenters. The van der Waals surface area contributed by atoms with Gasteiger partial charge < -0.3 is 0 Å². The molecule has 94 valence electrons. The zero-order valence-corrected chi connectivity index (χ0v) is 13.1. The Hall–Kier alpha value is 0.180. The second-order valence-electron chi connectivity index (χ2n) is 3.48. The van der Waals surface area contributed by atoms with Crippen molar-refractivity contribution in [3.05, 3.63) is 54.4 Å². The van der Waals surface area contributed by atoms with E-state index in [2.05, 4.69) is 0 Å². The van der Waals surface area contributed by atoms with Crippen molar-refractivity contribution >= 4 is 69.6 Å². The van der Waals surface area contributed by atoms with Gasteiger partial charge in [-0.3, -0.25) is 0 Å². The third kappa shape index (κ3) is 2.70. The molecular formula is C12H4Cl6. The number of hydrogen-bond acceptors (Lipinski definition) is 0. The summed E-state index contributed by atoms with van der Waals surface area (Å²) in [5.74, 6) is 0. The summed E-state index contributed by atoms with van der Waals surface area (Å²) in [5.41, 5.74) is 1.41. The van der Waals surface area contributed by atoms with E-state index in [4.69, 9.17) is 69.6 Å². The molecule has 2 rings (SSSR count). The maximum atomic E-state index is 6.15. The fourth-order valence-corrected chi connectivity index (χ4v) is 2.66. The van der Waals surface area contributed by atoms with Crippen LogP contribution in [0.3, 0.4) is 0 Å². The van der Waals surface area contributed by atoms with E-state index in [1.165, 1.54) is 0 Å². The summed E-state index contributed by atoms with van der Waals surface area (Å²) in [7, 11) is 0. The number of hydrogen-bond donors (Lipinski definition) is 0. The highest BCUT2D eigenvalue weighted by atomic mass is 35.5. The molecule has 0 heterocycles. The van der Waals surface area contributed by atoms with Crippen LogP contribution in [0.25, 0.3) is 11.1 Å². The van der Waals surface area contributed by atoms with Crippen LogP contribution in [-0.2, 0) is 0 Å². The Morgan fingerprint density at radius 1 is 0.556 bits per heavy atom.